The minimum Gasteiger partial charge on any atom is -0.379 e. The molecule has 0 aliphatic heterocycles. The largest absolute Gasteiger partial charge is 0.379 e. The zero-order valence-electron chi connectivity index (χ0n) is 20.8. The number of fused-ring (bicyclic) bond motifs is 1. The topological polar surface area (TPSA) is 86.7 Å². The van der Waals surface area contributed by atoms with Crippen LogP contribution < -0.4 is 8.37 Å². The Balaban J connectivity index is 1.83. The number of halogens is 2. The van der Waals surface area contributed by atoms with E-state index in [-0.39, 0.29) is 27.2 Å². The highest BCUT2D eigenvalue weighted by molar-refractivity contribution is 9.10. The van der Waals surface area contributed by atoms with Gasteiger partial charge in [-0.1, -0.05) is 57.0 Å². The van der Waals surface area contributed by atoms with Crippen LogP contribution in [0.15, 0.2) is 104 Å². The molecule has 3 aromatic carbocycles. The molecule has 0 heterocycles. The fraction of sp³-hybridized carbons (Fsp3) is 0.214. The minimum absolute atomic E-state index is 0.00390. The molecule has 3 aromatic rings. The van der Waals surface area contributed by atoms with E-state index in [4.69, 9.17) is 8.37 Å². The molecule has 10 heteroatoms. The van der Waals surface area contributed by atoms with Gasteiger partial charge in [0.25, 0.3) is 0 Å². The molecule has 0 N–H and O–H groups in total. The molecule has 0 unspecified atom stereocenters. The Hall–Kier alpha value is -2.40. The summed E-state index contributed by atoms with van der Waals surface area (Å²) in [7, 11) is -8.32. The summed E-state index contributed by atoms with van der Waals surface area (Å²) in [5.74, 6) is 0.154. The van der Waals surface area contributed by atoms with Crippen LogP contribution in [0.25, 0.3) is 0 Å². The number of rotatable bonds is 8. The number of allylic oxidation sites excluding steroid dienone is 2. The molecule has 1 aliphatic rings. The maximum Gasteiger partial charge on any atom is 0.339 e. The van der Waals surface area contributed by atoms with E-state index in [9.17, 15) is 16.8 Å². The maximum absolute atomic E-state index is 13.1. The van der Waals surface area contributed by atoms with Crippen LogP contribution in [0.3, 0.4) is 0 Å². The van der Waals surface area contributed by atoms with Crippen molar-refractivity contribution in [3.05, 3.63) is 106 Å². The van der Waals surface area contributed by atoms with Gasteiger partial charge in [-0.05, 0) is 91.8 Å². The lowest BCUT2D eigenvalue weighted by Crippen LogP contribution is -2.35. The van der Waals surface area contributed by atoms with Crippen LogP contribution in [0.5, 0.6) is 11.5 Å². The van der Waals surface area contributed by atoms with E-state index in [2.05, 4.69) is 45.0 Å². The first-order valence-electron chi connectivity index (χ1n) is 11.6. The summed E-state index contributed by atoms with van der Waals surface area (Å²) in [5.41, 5.74) is 1.53. The standard InChI is InChI=1S/C28H26Br2O6S2/c1-5-28(4)17-24-23(16-25(28)18(2)3)26(35-37(31,32)21-10-6-19(29)7-11-21)14-15-27(24)36-38(33,34)22-12-8-20(30)9-13-22/h5-15,25H,1-2,16-17H2,3-4H3/t25-,28-/m1/s1. The molecule has 0 radical (unpaired) electrons. The third kappa shape index (κ3) is 5.78. The van der Waals surface area contributed by atoms with Gasteiger partial charge >= 0.3 is 20.2 Å². The van der Waals surface area contributed by atoms with Crippen molar-refractivity contribution in [2.24, 2.45) is 11.3 Å². The van der Waals surface area contributed by atoms with Gasteiger partial charge in [0.1, 0.15) is 21.3 Å². The third-order valence-electron chi connectivity index (χ3n) is 6.77. The molecular weight excluding hydrogens is 656 g/mol. The third-order valence-corrected chi connectivity index (χ3v) is 10.3. The van der Waals surface area contributed by atoms with Gasteiger partial charge in [0.2, 0.25) is 0 Å². The average Bonchev–Trinajstić information content (AvgIpc) is 2.85. The van der Waals surface area contributed by atoms with Gasteiger partial charge in [-0.2, -0.15) is 16.8 Å². The van der Waals surface area contributed by atoms with Crippen LogP contribution in [0.2, 0.25) is 0 Å². The monoisotopic (exact) mass is 680 g/mol. The van der Waals surface area contributed by atoms with E-state index in [1.165, 1.54) is 36.4 Å². The molecule has 0 bridgehead atoms. The summed E-state index contributed by atoms with van der Waals surface area (Å²) in [4.78, 5) is -0.00881. The summed E-state index contributed by atoms with van der Waals surface area (Å²) >= 11 is 6.60. The molecular formula is C28H26Br2O6S2. The zero-order valence-corrected chi connectivity index (χ0v) is 25.6. The van der Waals surface area contributed by atoms with Crippen LogP contribution in [0, 0.1) is 11.3 Å². The predicted molar refractivity (Wildman–Crippen MR) is 154 cm³/mol. The second-order valence-corrected chi connectivity index (χ2v) is 14.4. The Morgan fingerprint density at radius 1 is 0.842 bits per heavy atom. The Bertz CT molecular complexity index is 1610. The predicted octanol–water partition coefficient (Wildman–Crippen LogP) is 7.23. The molecule has 38 heavy (non-hydrogen) atoms. The minimum atomic E-state index is -4.16. The van der Waals surface area contributed by atoms with E-state index >= 15 is 0 Å². The second kappa shape index (κ2) is 10.6. The quantitative estimate of drug-likeness (QED) is 0.184. The van der Waals surface area contributed by atoms with Crippen molar-refractivity contribution in [1.29, 1.82) is 0 Å². The van der Waals surface area contributed by atoms with Gasteiger partial charge in [-0.3, -0.25) is 0 Å². The molecule has 6 nitrogen and oxygen atoms in total. The summed E-state index contributed by atoms with van der Waals surface area (Å²) in [5, 5.41) is 0. The van der Waals surface area contributed by atoms with E-state index in [0.717, 1.165) is 14.5 Å². The van der Waals surface area contributed by atoms with Crippen molar-refractivity contribution in [3.8, 4) is 11.5 Å². The van der Waals surface area contributed by atoms with Crippen LogP contribution in [0.1, 0.15) is 25.0 Å². The van der Waals surface area contributed by atoms with Crippen LogP contribution in [-0.4, -0.2) is 16.8 Å². The summed E-state index contributed by atoms with van der Waals surface area (Å²) in [6.07, 6.45) is 2.55. The van der Waals surface area contributed by atoms with E-state index in [0.29, 0.717) is 24.0 Å². The van der Waals surface area contributed by atoms with Gasteiger partial charge in [0, 0.05) is 20.1 Å². The van der Waals surface area contributed by atoms with E-state index < -0.39 is 25.7 Å². The lowest BCUT2D eigenvalue weighted by molar-refractivity contribution is 0.267. The van der Waals surface area contributed by atoms with Crippen molar-refractivity contribution in [1.82, 2.24) is 0 Å². The molecule has 0 spiro atoms. The van der Waals surface area contributed by atoms with Crippen molar-refractivity contribution in [2.75, 3.05) is 0 Å². The fourth-order valence-corrected chi connectivity index (χ4v) is 7.10. The molecule has 0 fully saturated rings. The SMILES string of the molecule is C=C[C@]1(C)Cc2c(OS(=O)(=O)c3ccc(Br)cc3)ccc(OS(=O)(=O)c3ccc(Br)cc3)c2C[C@@H]1C(=C)C. The molecule has 0 saturated heterocycles. The Kier molecular flexibility index (Phi) is 8.01. The van der Waals surface area contributed by atoms with Gasteiger partial charge < -0.3 is 8.37 Å². The molecule has 0 aromatic heterocycles. The first-order valence-corrected chi connectivity index (χ1v) is 16.0. The normalized spacial score (nSPS) is 19.3. The maximum atomic E-state index is 13.1. The first-order chi connectivity index (χ1) is 17.8. The molecule has 0 saturated carbocycles. The first kappa shape index (κ1) is 28.6. The summed E-state index contributed by atoms with van der Waals surface area (Å²) in [6.45, 7) is 12.1. The highest BCUT2D eigenvalue weighted by Crippen LogP contribution is 2.49. The highest BCUT2D eigenvalue weighted by atomic mass is 79.9. The van der Waals surface area contributed by atoms with Gasteiger partial charge in [-0.15, -0.1) is 6.58 Å². The van der Waals surface area contributed by atoms with Crippen LogP contribution in [-0.2, 0) is 33.1 Å². The molecule has 2 atom stereocenters. The smallest absolute Gasteiger partial charge is 0.339 e. The fourth-order valence-electron chi connectivity index (χ4n) is 4.65. The zero-order chi connectivity index (χ0) is 27.9. The Labute approximate surface area is 240 Å². The average molecular weight is 682 g/mol. The van der Waals surface area contributed by atoms with Crippen molar-refractivity contribution in [3.63, 3.8) is 0 Å². The van der Waals surface area contributed by atoms with Crippen LogP contribution >= 0.6 is 31.9 Å². The number of hydrogen-bond acceptors (Lipinski definition) is 6. The summed E-state index contributed by atoms with van der Waals surface area (Å²) in [6, 6.07) is 15.1. The van der Waals surface area contributed by atoms with E-state index in [1.807, 2.05) is 19.9 Å². The van der Waals surface area contributed by atoms with E-state index in [1.54, 1.807) is 24.3 Å². The lowest BCUT2D eigenvalue weighted by Gasteiger charge is -2.41. The van der Waals surface area contributed by atoms with Gasteiger partial charge in [0.15, 0.2) is 0 Å². The van der Waals surface area contributed by atoms with Gasteiger partial charge in [0.05, 0.1) is 0 Å². The van der Waals surface area contributed by atoms with Crippen molar-refractivity contribution < 1.29 is 25.2 Å². The van der Waals surface area contributed by atoms with Crippen molar-refractivity contribution >= 4 is 52.1 Å². The lowest BCUT2D eigenvalue weighted by atomic mass is 9.63. The highest BCUT2D eigenvalue weighted by Gasteiger charge is 2.40. The number of benzene rings is 3. The Morgan fingerprint density at radius 3 is 1.66 bits per heavy atom. The molecule has 4 rings (SSSR count). The van der Waals surface area contributed by atoms with Crippen LogP contribution in [0.4, 0.5) is 0 Å². The number of hydrogen-bond donors (Lipinski definition) is 0. The van der Waals surface area contributed by atoms with Crippen molar-refractivity contribution in [2.45, 2.75) is 36.5 Å². The Morgan fingerprint density at radius 2 is 1.26 bits per heavy atom. The summed E-state index contributed by atoms with van der Waals surface area (Å²) < 4.78 is 65.2. The van der Waals surface area contributed by atoms with Gasteiger partial charge in [-0.25, -0.2) is 0 Å². The molecule has 200 valence electrons. The molecule has 1 aliphatic carbocycles. The second-order valence-electron chi connectivity index (χ2n) is 9.49. The molecule has 0 amide bonds.